The summed E-state index contributed by atoms with van der Waals surface area (Å²) in [7, 11) is 4.18. The fourth-order valence-corrected chi connectivity index (χ4v) is 5.35. The Kier molecular flexibility index (Phi) is 8.79. The van der Waals surface area contributed by atoms with Crippen LogP contribution in [-0.2, 0) is 32.6 Å². The molecule has 5 heteroatoms. The number of pyridine rings is 2. The maximum absolute atomic E-state index is 4.91. The zero-order valence-corrected chi connectivity index (χ0v) is 22.7. The van der Waals surface area contributed by atoms with E-state index in [0.29, 0.717) is 6.04 Å². The number of benzene rings is 2. The quantitative estimate of drug-likeness (QED) is 0.256. The van der Waals surface area contributed by atoms with E-state index in [1.807, 2.05) is 24.5 Å². The third kappa shape index (κ3) is 6.85. The molecule has 196 valence electrons. The molecule has 2 aromatic heterocycles. The average Bonchev–Trinajstić information content (AvgIpc) is 3.17. The minimum absolute atomic E-state index is 0.321. The summed E-state index contributed by atoms with van der Waals surface area (Å²) >= 11 is 0. The van der Waals surface area contributed by atoms with E-state index in [1.165, 1.54) is 46.5 Å². The molecule has 0 radical (unpaired) electrons. The first-order chi connectivity index (χ1) is 18.7. The van der Waals surface area contributed by atoms with E-state index < -0.39 is 0 Å². The Labute approximate surface area is 227 Å². The normalized spacial score (nSPS) is 15.2. The van der Waals surface area contributed by atoms with E-state index >= 15 is 0 Å². The molecule has 0 aliphatic heterocycles. The monoisotopic (exact) mass is 505 g/mol. The van der Waals surface area contributed by atoms with Crippen LogP contribution < -0.4 is 10.2 Å². The SMILES string of the molecule is CN(C)c1ccc(CN(Cc2ccc(CNCc3ccccn3)cc2)C2CCCCc3cccnc32)cc1. The number of aryl methyl sites for hydroxylation is 1. The Hall–Kier alpha value is -3.54. The van der Waals surface area contributed by atoms with Crippen LogP contribution in [0.3, 0.4) is 0 Å². The van der Waals surface area contributed by atoms with Gasteiger partial charge in [-0.2, -0.15) is 0 Å². The fourth-order valence-electron chi connectivity index (χ4n) is 5.35. The standard InChI is InChI=1S/C33H39N5/c1-37(2)31-18-16-28(17-19-31)25-38(32-11-4-3-8-29-9-7-21-36-33(29)32)24-27-14-12-26(13-15-27)22-34-23-30-10-5-6-20-35-30/h5-7,9-10,12-21,32,34H,3-4,8,11,22-25H2,1-2H3. The smallest absolute Gasteiger partial charge is 0.0607 e. The van der Waals surface area contributed by atoms with Crippen LogP contribution in [0.15, 0.2) is 91.3 Å². The van der Waals surface area contributed by atoms with Crippen molar-refractivity contribution in [3.63, 3.8) is 0 Å². The van der Waals surface area contributed by atoms with Gasteiger partial charge in [-0.05, 0) is 71.8 Å². The minimum atomic E-state index is 0.321. The van der Waals surface area contributed by atoms with Crippen LogP contribution >= 0.6 is 0 Å². The van der Waals surface area contributed by atoms with Crippen molar-refractivity contribution >= 4 is 5.69 Å². The van der Waals surface area contributed by atoms with Crippen molar-refractivity contribution in [2.75, 3.05) is 19.0 Å². The Balaban J connectivity index is 1.32. The van der Waals surface area contributed by atoms with Crippen molar-refractivity contribution in [1.82, 2.24) is 20.2 Å². The lowest BCUT2D eigenvalue weighted by Gasteiger charge is -2.32. The molecular formula is C33H39N5. The van der Waals surface area contributed by atoms with E-state index in [2.05, 4.69) is 101 Å². The second-order valence-corrected chi connectivity index (χ2v) is 10.5. The van der Waals surface area contributed by atoms with Gasteiger partial charge in [-0.25, -0.2) is 0 Å². The number of nitrogens with one attached hydrogen (secondary N) is 1. The number of aromatic nitrogens is 2. The summed E-state index contributed by atoms with van der Waals surface area (Å²) in [5, 5.41) is 3.51. The number of hydrogen-bond donors (Lipinski definition) is 1. The van der Waals surface area contributed by atoms with Crippen molar-refractivity contribution in [3.05, 3.63) is 125 Å². The van der Waals surface area contributed by atoms with Crippen LogP contribution in [-0.4, -0.2) is 29.0 Å². The molecule has 0 saturated carbocycles. The molecule has 0 fully saturated rings. The molecule has 4 aromatic rings. The van der Waals surface area contributed by atoms with Gasteiger partial charge in [-0.1, -0.05) is 55.0 Å². The summed E-state index contributed by atoms with van der Waals surface area (Å²) < 4.78 is 0. The van der Waals surface area contributed by atoms with Crippen LogP contribution in [0, 0.1) is 0 Å². The first kappa shape index (κ1) is 26.1. The molecule has 1 atom stereocenters. The number of anilines is 1. The van der Waals surface area contributed by atoms with Gasteiger partial charge < -0.3 is 10.2 Å². The van der Waals surface area contributed by atoms with Crippen LogP contribution in [0.2, 0.25) is 0 Å². The van der Waals surface area contributed by atoms with Gasteiger partial charge in [-0.3, -0.25) is 14.9 Å². The molecule has 2 aromatic carbocycles. The van der Waals surface area contributed by atoms with Gasteiger partial charge in [0.1, 0.15) is 0 Å². The average molecular weight is 506 g/mol. The Morgan fingerprint density at radius 2 is 1.45 bits per heavy atom. The highest BCUT2D eigenvalue weighted by atomic mass is 15.2. The van der Waals surface area contributed by atoms with Gasteiger partial charge in [0, 0.05) is 58.4 Å². The molecule has 1 unspecified atom stereocenters. The third-order valence-electron chi connectivity index (χ3n) is 7.46. The maximum Gasteiger partial charge on any atom is 0.0607 e. The Morgan fingerprint density at radius 3 is 2.16 bits per heavy atom. The molecule has 38 heavy (non-hydrogen) atoms. The van der Waals surface area contributed by atoms with Gasteiger partial charge in [0.2, 0.25) is 0 Å². The molecule has 0 amide bonds. The van der Waals surface area contributed by atoms with Gasteiger partial charge in [-0.15, -0.1) is 0 Å². The molecule has 0 spiro atoms. The van der Waals surface area contributed by atoms with Gasteiger partial charge in [0.15, 0.2) is 0 Å². The lowest BCUT2D eigenvalue weighted by atomic mass is 10.0. The number of nitrogens with zero attached hydrogens (tertiary/aromatic N) is 4. The summed E-state index contributed by atoms with van der Waals surface area (Å²) in [6.45, 7) is 3.41. The summed E-state index contributed by atoms with van der Waals surface area (Å²) in [5.74, 6) is 0. The van der Waals surface area contributed by atoms with E-state index in [1.54, 1.807) is 0 Å². The van der Waals surface area contributed by atoms with E-state index in [4.69, 9.17) is 4.98 Å². The van der Waals surface area contributed by atoms with E-state index in [0.717, 1.165) is 44.7 Å². The molecular weight excluding hydrogens is 466 g/mol. The molecule has 0 saturated heterocycles. The molecule has 5 nitrogen and oxygen atoms in total. The lowest BCUT2D eigenvalue weighted by molar-refractivity contribution is 0.165. The van der Waals surface area contributed by atoms with Gasteiger partial charge >= 0.3 is 0 Å². The first-order valence-electron chi connectivity index (χ1n) is 13.8. The van der Waals surface area contributed by atoms with Gasteiger partial charge in [0.25, 0.3) is 0 Å². The molecule has 1 aliphatic rings. The Bertz CT molecular complexity index is 1270. The number of hydrogen-bond acceptors (Lipinski definition) is 5. The molecule has 0 bridgehead atoms. The summed E-state index contributed by atoms with van der Waals surface area (Å²) in [6.07, 6.45) is 8.56. The van der Waals surface area contributed by atoms with Crippen LogP contribution in [0.5, 0.6) is 0 Å². The minimum Gasteiger partial charge on any atom is -0.378 e. The zero-order chi connectivity index (χ0) is 26.2. The van der Waals surface area contributed by atoms with Crippen molar-refractivity contribution in [3.8, 4) is 0 Å². The lowest BCUT2D eigenvalue weighted by Crippen LogP contribution is -2.29. The van der Waals surface area contributed by atoms with Crippen molar-refractivity contribution in [1.29, 1.82) is 0 Å². The zero-order valence-electron chi connectivity index (χ0n) is 22.7. The summed E-state index contributed by atoms with van der Waals surface area (Å²) in [4.78, 5) is 14.1. The van der Waals surface area contributed by atoms with E-state index in [-0.39, 0.29) is 0 Å². The largest absolute Gasteiger partial charge is 0.378 e. The van der Waals surface area contributed by atoms with Crippen LogP contribution in [0.1, 0.15) is 58.9 Å². The fraction of sp³-hybridized carbons (Fsp3) is 0.333. The maximum atomic E-state index is 4.91. The topological polar surface area (TPSA) is 44.3 Å². The predicted octanol–water partition coefficient (Wildman–Crippen LogP) is 6.30. The molecule has 2 heterocycles. The highest BCUT2D eigenvalue weighted by Gasteiger charge is 2.26. The highest BCUT2D eigenvalue weighted by molar-refractivity contribution is 5.46. The van der Waals surface area contributed by atoms with E-state index in [9.17, 15) is 0 Å². The van der Waals surface area contributed by atoms with Gasteiger partial charge in [0.05, 0.1) is 17.4 Å². The second kappa shape index (κ2) is 12.8. The third-order valence-corrected chi connectivity index (χ3v) is 7.46. The molecule has 5 rings (SSSR count). The summed E-state index contributed by atoms with van der Waals surface area (Å²) in [6, 6.07) is 28.8. The van der Waals surface area contributed by atoms with Crippen molar-refractivity contribution < 1.29 is 0 Å². The highest BCUT2D eigenvalue weighted by Crippen LogP contribution is 2.34. The molecule has 1 aliphatic carbocycles. The Morgan fingerprint density at radius 1 is 0.737 bits per heavy atom. The molecule has 1 N–H and O–H groups in total. The second-order valence-electron chi connectivity index (χ2n) is 10.5. The number of rotatable bonds is 10. The van der Waals surface area contributed by atoms with Crippen molar-refractivity contribution in [2.45, 2.75) is 57.9 Å². The van der Waals surface area contributed by atoms with Crippen LogP contribution in [0.25, 0.3) is 0 Å². The van der Waals surface area contributed by atoms with Crippen molar-refractivity contribution in [2.24, 2.45) is 0 Å². The predicted molar refractivity (Wildman–Crippen MR) is 156 cm³/mol. The van der Waals surface area contributed by atoms with Crippen LogP contribution in [0.4, 0.5) is 5.69 Å². The summed E-state index contributed by atoms with van der Waals surface area (Å²) in [5.41, 5.74) is 8.95. The number of fused-ring (bicyclic) bond motifs is 1. The first-order valence-corrected chi connectivity index (χ1v) is 13.8.